The minimum Gasteiger partial charge on any atom is -0.381 e. The van der Waals surface area contributed by atoms with Crippen molar-refractivity contribution in [2.24, 2.45) is 0 Å². The van der Waals surface area contributed by atoms with Crippen LogP contribution in [-0.2, 0) is 25.7 Å². The standard InChI is InChI=1S/C17H26N2O4S/c1-16(2,3)13-11-14(23-18-13)19-8-7-17(4,15(19)20)24(21)12-5-9-22-10-6-12/h11-12H,5-10H2,1-4H3. The topological polar surface area (TPSA) is 72.6 Å². The van der Waals surface area contributed by atoms with Gasteiger partial charge in [0.05, 0.1) is 5.69 Å². The molecule has 2 aliphatic heterocycles. The van der Waals surface area contributed by atoms with Crippen molar-refractivity contribution in [2.75, 3.05) is 24.7 Å². The van der Waals surface area contributed by atoms with E-state index in [2.05, 4.69) is 5.16 Å². The number of hydrogen-bond donors (Lipinski definition) is 0. The largest absolute Gasteiger partial charge is 0.381 e. The molecule has 0 aliphatic carbocycles. The Morgan fingerprint density at radius 1 is 1.33 bits per heavy atom. The quantitative estimate of drug-likeness (QED) is 0.833. The molecule has 0 bridgehead atoms. The molecule has 0 aromatic carbocycles. The number of rotatable bonds is 3. The molecule has 0 radical (unpaired) electrons. The second kappa shape index (κ2) is 6.26. The first kappa shape index (κ1) is 17.6. The summed E-state index contributed by atoms with van der Waals surface area (Å²) >= 11 is 0. The third-order valence-corrected chi connectivity index (χ3v) is 7.30. The SMILES string of the molecule is CC(C)(C)c1cc(N2CCC(C)(S(=O)C3CCOCC3)C2=O)on1. The molecule has 3 heterocycles. The molecule has 2 unspecified atom stereocenters. The smallest absolute Gasteiger partial charge is 0.248 e. The molecule has 1 amide bonds. The first-order chi connectivity index (χ1) is 11.2. The molecule has 2 aliphatic rings. The van der Waals surface area contributed by atoms with Gasteiger partial charge < -0.3 is 9.26 Å². The number of amides is 1. The Kier molecular flexibility index (Phi) is 4.59. The Balaban J connectivity index is 1.78. The number of hydrogen-bond acceptors (Lipinski definition) is 5. The average Bonchev–Trinajstić information content (AvgIpc) is 3.14. The van der Waals surface area contributed by atoms with E-state index in [1.54, 1.807) is 4.90 Å². The zero-order chi connectivity index (χ0) is 17.5. The normalized spacial score (nSPS) is 27.7. The lowest BCUT2D eigenvalue weighted by atomic mass is 9.92. The maximum atomic E-state index is 13.0. The van der Waals surface area contributed by atoms with E-state index in [0.29, 0.717) is 32.1 Å². The Bertz CT molecular complexity index is 645. The van der Waals surface area contributed by atoms with Gasteiger partial charge in [-0.15, -0.1) is 0 Å². The van der Waals surface area contributed by atoms with Crippen LogP contribution in [0.3, 0.4) is 0 Å². The Labute approximate surface area is 145 Å². The first-order valence-electron chi connectivity index (χ1n) is 8.51. The molecule has 3 rings (SSSR count). The Morgan fingerprint density at radius 3 is 2.58 bits per heavy atom. The fraction of sp³-hybridized carbons (Fsp3) is 0.765. The van der Waals surface area contributed by atoms with Gasteiger partial charge >= 0.3 is 0 Å². The number of carbonyl (C=O) groups is 1. The third kappa shape index (κ3) is 3.04. The number of aromatic nitrogens is 1. The van der Waals surface area contributed by atoms with Crippen LogP contribution < -0.4 is 4.90 Å². The van der Waals surface area contributed by atoms with Crippen LogP contribution in [-0.4, -0.2) is 45.0 Å². The lowest BCUT2D eigenvalue weighted by molar-refractivity contribution is -0.119. The van der Waals surface area contributed by atoms with Crippen molar-refractivity contribution in [3.05, 3.63) is 11.8 Å². The van der Waals surface area contributed by atoms with Gasteiger partial charge in [-0.3, -0.25) is 13.9 Å². The predicted molar refractivity (Wildman–Crippen MR) is 92.6 cm³/mol. The van der Waals surface area contributed by atoms with Crippen molar-refractivity contribution in [1.82, 2.24) is 5.16 Å². The van der Waals surface area contributed by atoms with E-state index in [9.17, 15) is 9.00 Å². The molecule has 1 aromatic heterocycles. The van der Waals surface area contributed by atoms with Crippen LogP contribution in [0.4, 0.5) is 5.88 Å². The van der Waals surface area contributed by atoms with E-state index >= 15 is 0 Å². The van der Waals surface area contributed by atoms with E-state index in [-0.39, 0.29) is 16.6 Å². The van der Waals surface area contributed by atoms with Crippen LogP contribution in [0.25, 0.3) is 0 Å². The van der Waals surface area contributed by atoms with E-state index in [0.717, 1.165) is 18.5 Å². The van der Waals surface area contributed by atoms with E-state index in [4.69, 9.17) is 9.26 Å². The van der Waals surface area contributed by atoms with Crippen LogP contribution in [0.5, 0.6) is 0 Å². The van der Waals surface area contributed by atoms with Gasteiger partial charge in [-0.1, -0.05) is 25.9 Å². The van der Waals surface area contributed by atoms with Gasteiger partial charge in [-0.25, -0.2) is 0 Å². The predicted octanol–water partition coefficient (Wildman–Crippen LogP) is 2.40. The fourth-order valence-corrected chi connectivity index (χ4v) is 5.15. The molecule has 2 atom stereocenters. The second-order valence-corrected chi connectivity index (χ2v) is 10.0. The number of anilines is 1. The van der Waals surface area contributed by atoms with E-state index in [1.807, 2.05) is 33.8 Å². The Hall–Kier alpha value is -1.21. The van der Waals surface area contributed by atoms with Crippen molar-refractivity contribution in [2.45, 2.75) is 62.4 Å². The van der Waals surface area contributed by atoms with E-state index in [1.165, 1.54) is 0 Å². The highest BCUT2D eigenvalue weighted by molar-refractivity contribution is 7.88. The zero-order valence-electron chi connectivity index (χ0n) is 14.8. The average molecular weight is 354 g/mol. The van der Waals surface area contributed by atoms with Crippen LogP contribution in [0.15, 0.2) is 10.6 Å². The zero-order valence-corrected chi connectivity index (χ0v) is 15.6. The number of carbonyl (C=O) groups excluding carboxylic acids is 1. The molecule has 2 saturated heterocycles. The molecule has 0 N–H and O–H groups in total. The highest BCUT2D eigenvalue weighted by Gasteiger charge is 2.51. The second-order valence-electron chi connectivity index (χ2n) is 7.85. The maximum Gasteiger partial charge on any atom is 0.248 e. The van der Waals surface area contributed by atoms with Crippen molar-refractivity contribution >= 4 is 22.6 Å². The lowest BCUT2D eigenvalue weighted by Crippen LogP contribution is -2.46. The maximum absolute atomic E-state index is 13.0. The summed E-state index contributed by atoms with van der Waals surface area (Å²) in [6.45, 7) is 9.73. The highest BCUT2D eigenvalue weighted by atomic mass is 32.2. The van der Waals surface area contributed by atoms with Crippen molar-refractivity contribution in [3.63, 3.8) is 0 Å². The third-order valence-electron chi connectivity index (χ3n) is 4.96. The van der Waals surface area contributed by atoms with Gasteiger partial charge in [-0.05, 0) is 26.2 Å². The lowest BCUT2D eigenvalue weighted by Gasteiger charge is -2.29. The molecule has 2 fully saturated rings. The van der Waals surface area contributed by atoms with Crippen LogP contribution in [0.2, 0.25) is 0 Å². The molecule has 0 saturated carbocycles. The summed E-state index contributed by atoms with van der Waals surface area (Å²) in [5, 5.41) is 4.12. The minimum atomic E-state index is -1.22. The summed E-state index contributed by atoms with van der Waals surface area (Å²) in [5.74, 6) is 0.335. The minimum absolute atomic E-state index is 0.0347. The van der Waals surface area contributed by atoms with Gasteiger partial charge in [-0.2, -0.15) is 0 Å². The Morgan fingerprint density at radius 2 is 2.00 bits per heavy atom. The summed E-state index contributed by atoms with van der Waals surface area (Å²) < 4.78 is 22.9. The first-order valence-corrected chi connectivity index (χ1v) is 9.72. The van der Waals surface area contributed by atoms with Gasteiger partial charge in [0.1, 0.15) is 4.75 Å². The van der Waals surface area contributed by atoms with Crippen LogP contribution >= 0.6 is 0 Å². The molecular formula is C17H26N2O4S. The molecule has 6 nitrogen and oxygen atoms in total. The van der Waals surface area contributed by atoms with Gasteiger partial charge in [0, 0.05) is 47.3 Å². The van der Waals surface area contributed by atoms with Crippen molar-refractivity contribution in [3.8, 4) is 0 Å². The van der Waals surface area contributed by atoms with Crippen LogP contribution in [0.1, 0.15) is 52.7 Å². The number of nitrogens with zero attached hydrogens (tertiary/aromatic N) is 2. The molecular weight excluding hydrogens is 328 g/mol. The molecule has 24 heavy (non-hydrogen) atoms. The van der Waals surface area contributed by atoms with Crippen molar-refractivity contribution in [1.29, 1.82) is 0 Å². The van der Waals surface area contributed by atoms with Crippen molar-refractivity contribution < 1.29 is 18.3 Å². The summed E-state index contributed by atoms with van der Waals surface area (Å²) in [7, 11) is -1.22. The van der Waals surface area contributed by atoms with Gasteiger partial charge in [0.25, 0.3) is 0 Å². The van der Waals surface area contributed by atoms with Crippen LogP contribution in [0, 0.1) is 0 Å². The fourth-order valence-electron chi connectivity index (χ4n) is 3.22. The summed E-state index contributed by atoms with van der Waals surface area (Å²) in [6.07, 6.45) is 2.08. The molecule has 1 aromatic rings. The highest BCUT2D eigenvalue weighted by Crippen LogP contribution is 2.37. The molecule has 0 spiro atoms. The summed E-state index contributed by atoms with van der Waals surface area (Å²) in [5.41, 5.74) is 0.670. The van der Waals surface area contributed by atoms with Gasteiger partial charge in [0.2, 0.25) is 11.8 Å². The number of ether oxygens (including phenoxy) is 1. The summed E-state index contributed by atoms with van der Waals surface area (Å²) in [6, 6.07) is 1.82. The van der Waals surface area contributed by atoms with E-state index < -0.39 is 15.5 Å². The molecule has 134 valence electrons. The summed E-state index contributed by atoms with van der Waals surface area (Å²) in [4.78, 5) is 14.6. The monoisotopic (exact) mass is 354 g/mol. The molecule has 7 heteroatoms. The van der Waals surface area contributed by atoms with Gasteiger partial charge in [0.15, 0.2) is 0 Å².